The summed E-state index contributed by atoms with van der Waals surface area (Å²) >= 11 is 2.98. The van der Waals surface area contributed by atoms with Gasteiger partial charge in [-0.3, -0.25) is 0 Å². The molecule has 0 amide bonds. The van der Waals surface area contributed by atoms with Crippen LogP contribution in [-0.4, -0.2) is 15.0 Å². The Kier molecular flexibility index (Phi) is 3.79. The number of alkyl halides is 3. The van der Waals surface area contributed by atoms with Crippen LogP contribution in [0.4, 0.5) is 19.0 Å². The molecule has 0 bridgehead atoms. The first kappa shape index (κ1) is 13.9. The van der Waals surface area contributed by atoms with Gasteiger partial charge in [-0.1, -0.05) is 0 Å². The molecule has 2 aromatic rings. The molecule has 0 spiro atoms. The molecule has 0 radical (unpaired) electrons. The van der Waals surface area contributed by atoms with Crippen LogP contribution in [0.2, 0.25) is 0 Å². The number of anilines is 1. The van der Waals surface area contributed by atoms with Crippen molar-refractivity contribution in [2.24, 2.45) is 0 Å². The maximum absolute atomic E-state index is 12.8. The molecule has 4 nitrogen and oxygen atoms in total. The topological polar surface area (TPSA) is 53.6 Å². The number of imidazole rings is 1. The Morgan fingerprint density at radius 1 is 1.32 bits per heavy atom. The first-order chi connectivity index (χ1) is 8.86. The number of hydrogen-bond acceptors (Lipinski definition) is 3. The van der Waals surface area contributed by atoms with Crippen molar-refractivity contribution in [2.45, 2.75) is 19.6 Å². The van der Waals surface area contributed by atoms with Gasteiger partial charge in [-0.2, -0.15) is 13.2 Å². The number of aromatic nitrogens is 3. The van der Waals surface area contributed by atoms with E-state index in [0.717, 1.165) is 11.8 Å². The van der Waals surface area contributed by atoms with Crippen molar-refractivity contribution in [2.75, 3.05) is 5.32 Å². The van der Waals surface area contributed by atoms with Gasteiger partial charge in [0.05, 0.1) is 12.1 Å². The Hall–Kier alpha value is -1.57. The van der Waals surface area contributed by atoms with Crippen LogP contribution in [0, 0.1) is 6.92 Å². The molecule has 0 fully saturated rings. The molecule has 2 aromatic heterocycles. The summed E-state index contributed by atoms with van der Waals surface area (Å²) in [6.45, 7) is 1.96. The Labute approximate surface area is 115 Å². The molecule has 2 rings (SSSR count). The zero-order chi connectivity index (χ0) is 14.0. The van der Waals surface area contributed by atoms with Gasteiger partial charge in [0, 0.05) is 22.6 Å². The molecule has 0 saturated heterocycles. The first-order valence-corrected chi connectivity index (χ1v) is 6.12. The van der Waals surface area contributed by atoms with E-state index >= 15 is 0 Å². The van der Waals surface area contributed by atoms with Crippen LogP contribution >= 0.6 is 15.9 Å². The van der Waals surface area contributed by atoms with Gasteiger partial charge in [-0.15, -0.1) is 0 Å². The molecule has 0 aliphatic heterocycles. The lowest BCUT2D eigenvalue weighted by atomic mass is 10.2. The van der Waals surface area contributed by atoms with E-state index in [0.29, 0.717) is 5.82 Å². The number of pyridine rings is 1. The summed E-state index contributed by atoms with van der Waals surface area (Å²) in [5.74, 6) is 0.333. The average molecular weight is 335 g/mol. The Balaban J connectivity index is 2.20. The van der Waals surface area contributed by atoms with Crippen LogP contribution in [0.1, 0.15) is 17.1 Å². The van der Waals surface area contributed by atoms with Crippen molar-refractivity contribution in [3.05, 3.63) is 40.0 Å². The van der Waals surface area contributed by atoms with Gasteiger partial charge in [0.2, 0.25) is 0 Å². The van der Waals surface area contributed by atoms with Crippen molar-refractivity contribution in [1.82, 2.24) is 15.0 Å². The number of hydrogen-bond donors (Lipinski definition) is 2. The number of aromatic amines is 1. The lowest BCUT2D eigenvalue weighted by molar-refractivity contribution is -0.137. The molecule has 0 aliphatic rings. The average Bonchev–Trinajstić information content (AvgIpc) is 2.72. The summed E-state index contributed by atoms with van der Waals surface area (Å²) in [6.07, 6.45) is -1.54. The quantitative estimate of drug-likeness (QED) is 0.903. The van der Waals surface area contributed by atoms with E-state index in [9.17, 15) is 13.2 Å². The van der Waals surface area contributed by atoms with Crippen molar-refractivity contribution in [1.29, 1.82) is 0 Å². The summed E-state index contributed by atoms with van der Waals surface area (Å²) in [5, 5.41) is 2.63. The fourth-order valence-electron chi connectivity index (χ4n) is 1.52. The number of nitrogens with zero attached hydrogens (tertiary/aromatic N) is 2. The van der Waals surface area contributed by atoms with E-state index in [1.165, 1.54) is 6.20 Å². The zero-order valence-electron chi connectivity index (χ0n) is 9.85. The number of nitrogens with one attached hydrogen (secondary N) is 2. The molecular formula is C11H10BrF3N4. The van der Waals surface area contributed by atoms with Gasteiger partial charge in [-0.25, -0.2) is 9.97 Å². The van der Waals surface area contributed by atoms with Crippen LogP contribution in [0.25, 0.3) is 0 Å². The SMILES string of the molecule is Cc1cnc(CNc2ncc(Br)cc2C(F)(F)F)[nH]1. The van der Waals surface area contributed by atoms with Gasteiger partial charge in [0.15, 0.2) is 0 Å². The highest BCUT2D eigenvalue weighted by Crippen LogP contribution is 2.35. The maximum Gasteiger partial charge on any atom is 0.419 e. The van der Waals surface area contributed by atoms with Gasteiger partial charge >= 0.3 is 6.18 Å². The smallest absolute Gasteiger partial charge is 0.362 e. The Morgan fingerprint density at radius 3 is 2.63 bits per heavy atom. The third-order valence-corrected chi connectivity index (χ3v) is 2.77. The predicted octanol–water partition coefficient (Wildman–Crippen LogP) is 3.51. The van der Waals surface area contributed by atoms with E-state index in [4.69, 9.17) is 0 Å². The van der Waals surface area contributed by atoms with Crippen LogP contribution in [0.5, 0.6) is 0 Å². The molecule has 0 aromatic carbocycles. The number of aryl methyl sites for hydroxylation is 1. The molecule has 0 unspecified atom stereocenters. The lowest BCUT2D eigenvalue weighted by Crippen LogP contribution is -2.13. The van der Waals surface area contributed by atoms with E-state index < -0.39 is 11.7 Å². The van der Waals surface area contributed by atoms with E-state index in [2.05, 4.69) is 36.2 Å². The second-order valence-electron chi connectivity index (χ2n) is 3.91. The highest BCUT2D eigenvalue weighted by molar-refractivity contribution is 9.10. The third-order valence-electron chi connectivity index (χ3n) is 2.34. The third kappa shape index (κ3) is 3.46. The Bertz CT molecular complexity index is 580. The molecule has 102 valence electrons. The highest BCUT2D eigenvalue weighted by Gasteiger charge is 2.34. The van der Waals surface area contributed by atoms with Crippen molar-refractivity contribution < 1.29 is 13.2 Å². The standard InChI is InChI=1S/C11H10BrF3N4/c1-6-3-16-9(19-6)5-18-10-8(11(13,14)15)2-7(12)4-17-10/h2-4H,5H2,1H3,(H,16,19)(H,17,18). The van der Waals surface area contributed by atoms with Crippen molar-refractivity contribution >= 4 is 21.7 Å². The summed E-state index contributed by atoms with van der Waals surface area (Å²) in [7, 11) is 0. The second-order valence-corrected chi connectivity index (χ2v) is 4.83. The van der Waals surface area contributed by atoms with Crippen LogP contribution in [0.15, 0.2) is 22.9 Å². The van der Waals surface area contributed by atoms with Gasteiger partial charge in [0.25, 0.3) is 0 Å². The minimum absolute atomic E-state index is 0.144. The molecule has 0 aliphatic carbocycles. The summed E-state index contributed by atoms with van der Waals surface area (Å²) < 4.78 is 38.8. The van der Waals surface area contributed by atoms with Gasteiger partial charge in [0.1, 0.15) is 11.6 Å². The highest BCUT2D eigenvalue weighted by atomic mass is 79.9. The second kappa shape index (κ2) is 5.20. The predicted molar refractivity (Wildman–Crippen MR) is 67.6 cm³/mol. The fraction of sp³-hybridized carbons (Fsp3) is 0.273. The molecule has 2 N–H and O–H groups in total. The van der Waals surface area contributed by atoms with Crippen LogP contribution < -0.4 is 5.32 Å². The van der Waals surface area contributed by atoms with Gasteiger partial charge < -0.3 is 10.3 Å². The van der Waals surface area contributed by atoms with Crippen molar-refractivity contribution in [3.8, 4) is 0 Å². The van der Waals surface area contributed by atoms with Crippen LogP contribution in [0.3, 0.4) is 0 Å². The van der Waals surface area contributed by atoms with E-state index in [-0.39, 0.29) is 16.8 Å². The van der Waals surface area contributed by atoms with E-state index in [1.807, 2.05) is 6.92 Å². The normalized spacial score (nSPS) is 11.6. The summed E-state index contributed by atoms with van der Waals surface area (Å²) in [5.41, 5.74) is 0.0294. The summed E-state index contributed by atoms with van der Waals surface area (Å²) in [6, 6.07) is 0.989. The minimum Gasteiger partial charge on any atom is -0.362 e. The Morgan fingerprint density at radius 2 is 2.05 bits per heavy atom. The summed E-state index contributed by atoms with van der Waals surface area (Å²) in [4.78, 5) is 10.7. The number of rotatable bonds is 3. The molecule has 0 atom stereocenters. The maximum atomic E-state index is 12.8. The number of halogens is 4. The molecule has 19 heavy (non-hydrogen) atoms. The lowest BCUT2D eigenvalue weighted by Gasteiger charge is -2.13. The van der Waals surface area contributed by atoms with Crippen LogP contribution in [-0.2, 0) is 12.7 Å². The van der Waals surface area contributed by atoms with Gasteiger partial charge in [-0.05, 0) is 28.9 Å². The first-order valence-electron chi connectivity index (χ1n) is 5.33. The fourth-order valence-corrected chi connectivity index (χ4v) is 1.85. The van der Waals surface area contributed by atoms with E-state index in [1.54, 1.807) is 6.20 Å². The molecule has 8 heteroatoms. The minimum atomic E-state index is -4.46. The largest absolute Gasteiger partial charge is 0.419 e. The molecule has 0 saturated carbocycles. The molecule has 2 heterocycles. The monoisotopic (exact) mass is 334 g/mol. The number of H-pyrrole nitrogens is 1. The zero-order valence-corrected chi connectivity index (χ0v) is 11.4. The van der Waals surface area contributed by atoms with Crippen molar-refractivity contribution in [3.63, 3.8) is 0 Å². The molecular weight excluding hydrogens is 325 g/mol.